The summed E-state index contributed by atoms with van der Waals surface area (Å²) in [5, 5.41) is 2.73. The standard InChI is InChI=1S/C23H26N4O6/c1-26-13-14(9-18(26)23(30)32-3)25-21(28)6-8-33-20-11-17-16(10-19(20)31-2)22(29)27-7-4-5-15(27)12-24-17/h9-13,15H,4-8H2,1-3H3,(H,25,28)/t15-/m0/s1. The summed E-state index contributed by atoms with van der Waals surface area (Å²) in [6.45, 7) is 0.803. The van der Waals surface area contributed by atoms with Crippen LogP contribution in [0.15, 0.2) is 29.4 Å². The summed E-state index contributed by atoms with van der Waals surface area (Å²) in [4.78, 5) is 43.3. The molecule has 0 radical (unpaired) electrons. The Morgan fingerprint density at radius 2 is 2.03 bits per heavy atom. The van der Waals surface area contributed by atoms with Crippen molar-refractivity contribution in [1.82, 2.24) is 9.47 Å². The number of aliphatic imine (C=N–C) groups is 1. The smallest absolute Gasteiger partial charge is 0.354 e. The lowest BCUT2D eigenvalue weighted by molar-refractivity contribution is -0.116. The van der Waals surface area contributed by atoms with Gasteiger partial charge in [-0.2, -0.15) is 0 Å². The normalized spacial score (nSPS) is 16.6. The largest absolute Gasteiger partial charge is 0.493 e. The van der Waals surface area contributed by atoms with Crippen LogP contribution in [0.5, 0.6) is 11.5 Å². The Morgan fingerprint density at radius 3 is 2.79 bits per heavy atom. The molecule has 174 valence electrons. The van der Waals surface area contributed by atoms with Crippen LogP contribution in [0, 0.1) is 0 Å². The molecule has 1 saturated heterocycles. The number of aryl methyl sites for hydroxylation is 1. The summed E-state index contributed by atoms with van der Waals surface area (Å²) in [6.07, 6.45) is 5.37. The Bertz CT molecular complexity index is 1120. The van der Waals surface area contributed by atoms with Gasteiger partial charge in [0.05, 0.1) is 50.2 Å². The number of nitrogens with zero attached hydrogens (tertiary/aromatic N) is 3. The first kappa shape index (κ1) is 22.4. The molecular formula is C23H26N4O6. The maximum atomic E-state index is 12.9. The van der Waals surface area contributed by atoms with Crippen molar-refractivity contribution in [3.63, 3.8) is 0 Å². The van der Waals surface area contributed by atoms with Gasteiger partial charge in [-0.05, 0) is 25.0 Å². The van der Waals surface area contributed by atoms with Gasteiger partial charge in [0.1, 0.15) is 5.69 Å². The number of hydrogen-bond donors (Lipinski definition) is 1. The number of carbonyl (C=O) groups excluding carboxylic acids is 3. The third-order valence-electron chi connectivity index (χ3n) is 5.73. The van der Waals surface area contributed by atoms with Gasteiger partial charge in [0.25, 0.3) is 5.91 Å². The van der Waals surface area contributed by atoms with Crippen LogP contribution >= 0.6 is 0 Å². The molecule has 1 N–H and O–H groups in total. The van der Waals surface area contributed by atoms with Gasteiger partial charge in [0, 0.05) is 32.1 Å². The van der Waals surface area contributed by atoms with Crippen molar-refractivity contribution in [2.75, 3.05) is 32.7 Å². The summed E-state index contributed by atoms with van der Waals surface area (Å²) in [5.41, 5.74) is 1.81. The van der Waals surface area contributed by atoms with Crippen LogP contribution in [0.2, 0.25) is 0 Å². The van der Waals surface area contributed by atoms with E-state index >= 15 is 0 Å². The fourth-order valence-electron chi connectivity index (χ4n) is 4.04. The molecule has 0 spiro atoms. The Morgan fingerprint density at radius 1 is 1.21 bits per heavy atom. The third-order valence-corrected chi connectivity index (χ3v) is 5.73. The number of nitrogens with one attached hydrogen (secondary N) is 1. The van der Waals surface area contributed by atoms with E-state index in [-0.39, 0.29) is 30.9 Å². The number of anilines is 1. The zero-order valence-corrected chi connectivity index (χ0v) is 18.8. The van der Waals surface area contributed by atoms with E-state index in [9.17, 15) is 14.4 Å². The molecule has 33 heavy (non-hydrogen) atoms. The van der Waals surface area contributed by atoms with Crippen LogP contribution < -0.4 is 14.8 Å². The molecule has 0 bridgehead atoms. The lowest BCUT2D eigenvalue weighted by Gasteiger charge is -2.20. The first-order valence-electron chi connectivity index (χ1n) is 10.7. The van der Waals surface area contributed by atoms with E-state index in [1.807, 2.05) is 11.1 Å². The van der Waals surface area contributed by atoms with Gasteiger partial charge in [-0.15, -0.1) is 0 Å². The molecule has 2 aromatic rings. The molecule has 1 fully saturated rings. The Labute approximate surface area is 191 Å². The highest BCUT2D eigenvalue weighted by Crippen LogP contribution is 2.38. The van der Waals surface area contributed by atoms with Crippen molar-refractivity contribution in [2.24, 2.45) is 12.0 Å². The summed E-state index contributed by atoms with van der Waals surface area (Å²) in [5.74, 6) is -0.0222. The number of carbonyl (C=O) groups is 3. The molecule has 2 amide bonds. The van der Waals surface area contributed by atoms with Crippen molar-refractivity contribution in [3.05, 3.63) is 35.7 Å². The number of methoxy groups -OCH3 is 2. The number of benzene rings is 1. The fraction of sp³-hybridized carbons (Fsp3) is 0.391. The maximum absolute atomic E-state index is 12.9. The quantitative estimate of drug-likeness (QED) is 0.644. The van der Waals surface area contributed by atoms with Crippen LogP contribution in [-0.4, -0.2) is 66.9 Å². The van der Waals surface area contributed by atoms with Crippen LogP contribution in [0.4, 0.5) is 11.4 Å². The van der Waals surface area contributed by atoms with Crippen molar-refractivity contribution in [2.45, 2.75) is 25.3 Å². The molecular weight excluding hydrogens is 428 g/mol. The van der Waals surface area contributed by atoms with Crippen molar-refractivity contribution < 1.29 is 28.6 Å². The average molecular weight is 454 g/mol. The number of aromatic nitrogens is 1. The fourth-order valence-corrected chi connectivity index (χ4v) is 4.04. The van der Waals surface area contributed by atoms with E-state index in [0.717, 1.165) is 12.8 Å². The molecule has 10 heteroatoms. The van der Waals surface area contributed by atoms with Gasteiger partial charge in [0.15, 0.2) is 11.5 Å². The van der Waals surface area contributed by atoms with E-state index in [4.69, 9.17) is 14.2 Å². The summed E-state index contributed by atoms with van der Waals surface area (Å²) in [7, 11) is 4.48. The second-order valence-corrected chi connectivity index (χ2v) is 7.87. The third kappa shape index (κ3) is 4.55. The minimum absolute atomic E-state index is 0.0154. The van der Waals surface area contributed by atoms with E-state index in [1.54, 1.807) is 36.0 Å². The van der Waals surface area contributed by atoms with E-state index in [2.05, 4.69) is 10.3 Å². The second-order valence-electron chi connectivity index (χ2n) is 7.87. The number of ether oxygens (including phenoxy) is 3. The molecule has 0 saturated carbocycles. The highest BCUT2D eigenvalue weighted by Gasteiger charge is 2.32. The van der Waals surface area contributed by atoms with Crippen LogP contribution in [0.1, 0.15) is 40.1 Å². The van der Waals surface area contributed by atoms with Gasteiger partial charge in [0.2, 0.25) is 5.91 Å². The number of amides is 2. The molecule has 1 aromatic heterocycles. The Kier molecular flexibility index (Phi) is 6.34. The molecule has 1 aromatic carbocycles. The van der Waals surface area contributed by atoms with E-state index < -0.39 is 5.97 Å². The van der Waals surface area contributed by atoms with Gasteiger partial charge in [-0.1, -0.05) is 0 Å². The van der Waals surface area contributed by atoms with E-state index in [1.165, 1.54) is 14.2 Å². The number of esters is 1. The molecule has 3 heterocycles. The number of rotatable bonds is 7. The number of fused-ring (bicyclic) bond motifs is 2. The summed E-state index contributed by atoms with van der Waals surface area (Å²) >= 11 is 0. The van der Waals surface area contributed by atoms with Crippen molar-refractivity contribution in [1.29, 1.82) is 0 Å². The maximum Gasteiger partial charge on any atom is 0.354 e. The molecule has 0 unspecified atom stereocenters. The average Bonchev–Trinajstić information content (AvgIpc) is 3.39. The molecule has 4 rings (SSSR count). The Hall–Kier alpha value is -3.82. The van der Waals surface area contributed by atoms with Gasteiger partial charge < -0.3 is 29.0 Å². The zero-order valence-electron chi connectivity index (χ0n) is 18.8. The lowest BCUT2D eigenvalue weighted by atomic mass is 10.1. The molecule has 2 aliphatic rings. The summed E-state index contributed by atoms with van der Waals surface area (Å²) in [6, 6.07) is 4.87. The highest BCUT2D eigenvalue weighted by atomic mass is 16.5. The first-order chi connectivity index (χ1) is 15.9. The molecule has 2 aliphatic heterocycles. The summed E-state index contributed by atoms with van der Waals surface area (Å²) < 4.78 is 17.5. The molecule has 10 nitrogen and oxygen atoms in total. The molecule has 1 atom stereocenters. The molecule has 0 aliphatic carbocycles. The van der Waals surface area contributed by atoms with Crippen molar-refractivity contribution >= 4 is 35.4 Å². The lowest BCUT2D eigenvalue weighted by Crippen LogP contribution is -2.35. The van der Waals surface area contributed by atoms with Crippen molar-refractivity contribution in [3.8, 4) is 11.5 Å². The SMILES string of the molecule is COC(=O)c1cc(NC(=O)CCOc2cc3c(cc2OC)C(=O)N2CCC[C@H]2C=N3)cn1C. The van der Waals surface area contributed by atoms with Gasteiger partial charge in [-0.25, -0.2) is 4.79 Å². The zero-order chi connectivity index (χ0) is 23.5. The van der Waals surface area contributed by atoms with Crippen LogP contribution in [0.25, 0.3) is 0 Å². The van der Waals surface area contributed by atoms with Gasteiger partial charge >= 0.3 is 5.97 Å². The number of hydrogen-bond acceptors (Lipinski definition) is 7. The van der Waals surface area contributed by atoms with Gasteiger partial charge in [-0.3, -0.25) is 14.6 Å². The van der Waals surface area contributed by atoms with Crippen LogP contribution in [0.3, 0.4) is 0 Å². The minimum atomic E-state index is -0.488. The predicted molar refractivity (Wildman–Crippen MR) is 121 cm³/mol. The Balaban J connectivity index is 1.41. The first-order valence-corrected chi connectivity index (χ1v) is 10.7. The monoisotopic (exact) mass is 454 g/mol. The second kappa shape index (κ2) is 9.35. The minimum Gasteiger partial charge on any atom is -0.493 e. The predicted octanol–water partition coefficient (Wildman–Crippen LogP) is 2.55. The van der Waals surface area contributed by atoms with E-state index in [0.29, 0.717) is 40.7 Å². The highest BCUT2D eigenvalue weighted by molar-refractivity contribution is 6.03. The topological polar surface area (TPSA) is 111 Å². The van der Waals surface area contributed by atoms with Crippen LogP contribution in [-0.2, 0) is 16.6 Å².